The highest BCUT2D eigenvalue weighted by molar-refractivity contribution is 7.93. The van der Waals surface area contributed by atoms with Crippen LogP contribution < -0.4 is 19.7 Å². The van der Waals surface area contributed by atoms with Crippen LogP contribution in [0.15, 0.2) is 23.1 Å². The van der Waals surface area contributed by atoms with Gasteiger partial charge in [0.2, 0.25) is 5.95 Å². The van der Waals surface area contributed by atoms with Crippen molar-refractivity contribution in [2.45, 2.75) is 18.0 Å². The van der Waals surface area contributed by atoms with Crippen LogP contribution in [0.2, 0.25) is 0 Å². The monoisotopic (exact) mass is 478 g/mol. The normalized spacial score (nSPS) is 11.7. The SMILES string of the molecule is Cc1cccc(C(=O)O)c1S(=O)(=O)N(C(N)=O)c1nc(OCC(F)(F)F)nc(N(C)C)n1. The molecule has 0 saturated carbocycles. The molecule has 1 aromatic carbocycles. The summed E-state index contributed by atoms with van der Waals surface area (Å²) in [4.78, 5) is 34.9. The van der Waals surface area contributed by atoms with Crippen LogP contribution in [0, 0.1) is 6.92 Å². The molecule has 2 aromatic rings. The number of urea groups is 1. The number of sulfonamides is 1. The summed E-state index contributed by atoms with van der Waals surface area (Å²) in [5.41, 5.74) is 4.49. The fourth-order valence-corrected chi connectivity index (χ4v) is 4.04. The highest BCUT2D eigenvalue weighted by Crippen LogP contribution is 2.28. The van der Waals surface area contributed by atoms with Crippen LogP contribution in [0.25, 0.3) is 0 Å². The predicted molar refractivity (Wildman–Crippen MR) is 103 cm³/mol. The molecule has 2 rings (SSSR count). The molecule has 0 spiro atoms. The third-order valence-electron chi connectivity index (χ3n) is 3.68. The van der Waals surface area contributed by atoms with E-state index >= 15 is 0 Å². The lowest BCUT2D eigenvalue weighted by atomic mass is 10.1. The molecule has 16 heteroatoms. The number of primary amides is 1. The van der Waals surface area contributed by atoms with E-state index in [0.717, 1.165) is 6.07 Å². The molecule has 1 aromatic heterocycles. The van der Waals surface area contributed by atoms with E-state index < -0.39 is 57.2 Å². The van der Waals surface area contributed by atoms with Gasteiger partial charge in [0, 0.05) is 14.1 Å². The molecule has 0 radical (unpaired) electrons. The number of ether oxygens (including phenoxy) is 1. The van der Waals surface area contributed by atoms with Gasteiger partial charge in [0.1, 0.15) is 4.90 Å². The van der Waals surface area contributed by atoms with Gasteiger partial charge in [-0.2, -0.15) is 28.1 Å². The van der Waals surface area contributed by atoms with Gasteiger partial charge in [-0.15, -0.1) is 4.31 Å². The van der Waals surface area contributed by atoms with E-state index in [-0.39, 0.29) is 15.8 Å². The Morgan fingerprint density at radius 3 is 2.25 bits per heavy atom. The number of aromatic nitrogens is 3. The van der Waals surface area contributed by atoms with E-state index in [1.165, 1.54) is 38.1 Å². The lowest BCUT2D eigenvalue weighted by Crippen LogP contribution is -2.43. The highest BCUT2D eigenvalue weighted by Gasteiger charge is 2.37. The van der Waals surface area contributed by atoms with E-state index in [2.05, 4.69) is 19.7 Å². The number of carbonyl (C=O) groups excluding carboxylic acids is 1. The number of carboxylic acid groups (broad SMARTS) is 1. The molecule has 0 aliphatic rings. The number of amides is 2. The van der Waals surface area contributed by atoms with Crippen LogP contribution in [-0.4, -0.2) is 67.4 Å². The minimum atomic E-state index is -5.03. The van der Waals surface area contributed by atoms with E-state index in [1.54, 1.807) is 0 Å². The summed E-state index contributed by atoms with van der Waals surface area (Å²) in [7, 11) is -2.28. The molecule has 0 unspecified atom stereocenters. The second-order valence-corrected chi connectivity index (χ2v) is 8.10. The number of hydrogen-bond acceptors (Lipinski definition) is 9. The van der Waals surface area contributed by atoms with Crippen molar-refractivity contribution in [1.82, 2.24) is 15.0 Å². The third-order valence-corrected chi connectivity index (χ3v) is 5.56. The van der Waals surface area contributed by atoms with Gasteiger partial charge in [-0.05, 0) is 18.6 Å². The molecule has 0 atom stereocenters. The molecule has 1 heterocycles. The number of halogens is 3. The van der Waals surface area contributed by atoms with Gasteiger partial charge in [0.05, 0.1) is 5.56 Å². The first kappa shape index (κ1) is 24.6. The van der Waals surface area contributed by atoms with E-state index in [1.807, 2.05) is 0 Å². The topological polar surface area (TPSA) is 169 Å². The van der Waals surface area contributed by atoms with Crippen molar-refractivity contribution in [3.8, 4) is 6.01 Å². The van der Waals surface area contributed by atoms with Crippen LogP contribution in [0.4, 0.5) is 29.9 Å². The Hall–Kier alpha value is -3.69. The van der Waals surface area contributed by atoms with Crippen LogP contribution >= 0.6 is 0 Å². The Morgan fingerprint density at radius 2 is 1.75 bits per heavy atom. The number of aryl methyl sites for hydroxylation is 1. The molecule has 3 N–H and O–H groups in total. The Kier molecular flexibility index (Phi) is 6.77. The number of anilines is 2. The molecule has 0 aliphatic heterocycles. The predicted octanol–water partition coefficient (Wildman–Crippen LogP) is 1.16. The summed E-state index contributed by atoms with van der Waals surface area (Å²) in [6.45, 7) is -0.539. The first-order valence-electron chi connectivity index (χ1n) is 8.45. The molecular weight excluding hydrogens is 461 g/mol. The minimum Gasteiger partial charge on any atom is -0.478 e. The second kappa shape index (κ2) is 8.81. The summed E-state index contributed by atoms with van der Waals surface area (Å²) < 4.78 is 68.4. The fraction of sp³-hybridized carbons (Fsp3) is 0.312. The number of aromatic carboxylic acids is 1. The first-order valence-corrected chi connectivity index (χ1v) is 9.89. The van der Waals surface area contributed by atoms with Gasteiger partial charge in [0.25, 0.3) is 16.0 Å². The molecule has 0 saturated heterocycles. The van der Waals surface area contributed by atoms with E-state index in [9.17, 15) is 36.3 Å². The number of carboxylic acids is 1. The molecule has 0 aliphatic carbocycles. The summed E-state index contributed by atoms with van der Waals surface area (Å²) in [6.07, 6.45) is -4.77. The van der Waals surface area contributed by atoms with Crippen molar-refractivity contribution in [2.24, 2.45) is 5.73 Å². The van der Waals surface area contributed by atoms with Gasteiger partial charge >= 0.3 is 24.2 Å². The summed E-state index contributed by atoms with van der Waals surface area (Å²) in [5, 5.41) is 9.38. The highest BCUT2D eigenvalue weighted by atomic mass is 32.2. The zero-order valence-corrected chi connectivity index (χ0v) is 17.6. The number of alkyl halides is 3. The van der Waals surface area contributed by atoms with Gasteiger partial charge < -0.3 is 20.5 Å². The van der Waals surface area contributed by atoms with Crippen molar-refractivity contribution >= 4 is 33.9 Å². The number of benzene rings is 1. The number of carbonyl (C=O) groups is 2. The average Bonchev–Trinajstić information content (AvgIpc) is 2.64. The average molecular weight is 478 g/mol. The maximum Gasteiger partial charge on any atom is 0.422 e. The Labute approximate surface area is 179 Å². The maximum atomic E-state index is 13.3. The Morgan fingerprint density at radius 1 is 1.16 bits per heavy atom. The maximum absolute atomic E-state index is 13.3. The molecule has 32 heavy (non-hydrogen) atoms. The molecule has 2 amide bonds. The van der Waals surface area contributed by atoms with Gasteiger partial charge in [-0.3, -0.25) is 0 Å². The van der Waals surface area contributed by atoms with E-state index in [0.29, 0.717) is 0 Å². The van der Waals surface area contributed by atoms with E-state index in [4.69, 9.17) is 5.73 Å². The van der Waals surface area contributed by atoms with Crippen molar-refractivity contribution in [2.75, 3.05) is 29.9 Å². The first-order chi connectivity index (χ1) is 14.6. The van der Waals surface area contributed by atoms with Crippen LogP contribution in [0.5, 0.6) is 6.01 Å². The van der Waals surface area contributed by atoms with Crippen molar-refractivity contribution in [3.05, 3.63) is 29.3 Å². The number of nitrogens with two attached hydrogens (primary N) is 1. The quantitative estimate of drug-likeness (QED) is 0.589. The molecule has 174 valence electrons. The van der Waals surface area contributed by atoms with Gasteiger partial charge in [-0.1, -0.05) is 12.1 Å². The summed E-state index contributed by atoms with van der Waals surface area (Å²) in [5.74, 6) is -2.97. The Balaban J connectivity index is 2.73. The van der Waals surface area contributed by atoms with Crippen molar-refractivity contribution in [1.29, 1.82) is 0 Å². The minimum absolute atomic E-state index is 0.0495. The molecular formula is C16H17F3N6O6S. The van der Waals surface area contributed by atoms with Gasteiger partial charge in [-0.25, -0.2) is 18.0 Å². The lowest BCUT2D eigenvalue weighted by Gasteiger charge is -2.22. The zero-order valence-electron chi connectivity index (χ0n) is 16.8. The zero-order chi connectivity index (χ0) is 24.4. The molecule has 0 bridgehead atoms. The largest absolute Gasteiger partial charge is 0.478 e. The van der Waals surface area contributed by atoms with Crippen molar-refractivity contribution < 1.29 is 41.0 Å². The number of rotatable bonds is 7. The van der Waals surface area contributed by atoms with Crippen LogP contribution in [0.1, 0.15) is 15.9 Å². The fourth-order valence-electron chi connectivity index (χ4n) is 2.42. The lowest BCUT2D eigenvalue weighted by molar-refractivity contribution is -0.154. The second-order valence-electron chi connectivity index (χ2n) is 6.38. The standard InChI is InChI=1S/C16H17F3N6O6S/c1-8-5-4-6-9(11(26)27)10(8)32(29,30)25(12(20)28)14-21-13(24(2)3)22-15(23-14)31-7-16(17,18)19/h4-6H,7H2,1-3H3,(H2,20,28)(H,26,27). The molecule has 12 nitrogen and oxygen atoms in total. The number of nitrogens with zero attached hydrogens (tertiary/aromatic N) is 5. The number of hydrogen-bond donors (Lipinski definition) is 2. The van der Waals surface area contributed by atoms with Crippen LogP contribution in [-0.2, 0) is 10.0 Å². The van der Waals surface area contributed by atoms with Crippen LogP contribution in [0.3, 0.4) is 0 Å². The Bertz CT molecular complexity index is 1160. The summed E-state index contributed by atoms with van der Waals surface area (Å²) in [6, 6.07) is 0.943. The van der Waals surface area contributed by atoms with Crippen molar-refractivity contribution in [3.63, 3.8) is 0 Å². The smallest absolute Gasteiger partial charge is 0.422 e. The van der Waals surface area contributed by atoms with Gasteiger partial charge in [0.15, 0.2) is 6.61 Å². The molecule has 0 fully saturated rings. The third kappa shape index (κ3) is 5.32. The summed E-state index contributed by atoms with van der Waals surface area (Å²) >= 11 is 0.